The number of carbonyl (C=O) groups excluding carboxylic acids is 2. The Bertz CT molecular complexity index is 867. The molecular weight excluding hydrogens is 408 g/mol. The molecule has 2 aromatic carbocycles. The van der Waals surface area contributed by atoms with Crippen molar-refractivity contribution in [3.8, 4) is 5.75 Å². The van der Waals surface area contributed by atoms with Gasteiger partial charge in [0.25, 0.3) is 17.5 Å². The van der Waals surface area contributed by atoms with Gasteiger partial charge in [0, 0.05) is 17.7 Å². The van der Waals surface area contributed by atoms with Crippen molar-refractivity contribution in [1.82, 2.24) is 5.43 Å². The summed E-state index contributed by atoms with van der Waals surface area (Å²) in [5.74, 6) is -0.649. The van der Waals surface area contributed by atoms with E-state index in [0.717, 1.165) is 0 Å². The number of non-ortho nitro benzene ring substituents is 1. The van der Waals surface area contributed by atoms with Gasteiger partial charge in [0.1, 0.15) is 5.75 Å². The van der Waals surface area contributed by atoms with Gasteiger partial charge < -0.3 is 10.5 Å². The van der Waals surface area contributed by atoms with Crippen LogP contribution in [0.5, 0.6) is 5.75 Å². The highest BCUT2D eigenvalue weighted by atomic mass is 79.9. The van der Waals surface area contributed by atoms with Crippen molar-refractivity contribution in [2.75, 3.05) is 6.61 Å². The number of hydrazone groups is 1. The van der Waals surface area contributed by atoms with Gasteiger partial charge in [-0.05, 0) is 51.8 Å². The number of ether oxygens (including phenoxy) is 1. The van der Waals surface area contributed by atoms with Gasteiger partial charge >= 0.3 is 0 Å². The third-order valence-electron chi connectivity index (χ3n) is 3.05. The lowest BCUT2D eigenvalue weighted by molar-refractivity contribution is -0.384. The van der Waals surface area contributed by atoms with Crippen LogP contribution in [0.3, 0.4) is 0 Å². The number of benzene rings is 2. The number of primary amides is 1. The molecule has 0 aliphatic rings. The molecule has 0 unspecified atom stereocenters. The van der Waals surface area contributed by atoms with Gasteiger partial charge in [0.15, 0.2) is 6.61 Å². The number of nitrogens with zero attached hydrogens (tertiary/aromatic N) is 2. The summed E-state index contributed by atoms with van der Waals surface area (Å²) in [5, 5.41) is 14.4. The molecule has 0 heterocycles. The topological polar surface area (TPSA) is 137 Å². The first kappa shape index (κ1) is 19.1. The van der Waals surface area contributed by atoms with E-state index in [-0.39, 0.29) is 17.9 Å². The Kier molecular flexibility index (Phi) is 6.39. The number of nitrogens with two attached hydrogens (primary N) is 1. The van der Waals surface area contributed by atoms with Crippen molar-refractivity contribution in [2.45, 2.75) is 0 Å². The SMILES string of the molecule is NC(=O)COc1ccc(/C=N/NC(=O)c2ccc([N+](=O)[O-])cc2)cc1Br. The second-order valence-corrected chi connectivity index (χ2v) is 5.80. The third kappa shape index (κ3) is 5.38. The van der Waals surface area contributed by atoms with E-state index >= 15 is 0 Å². The van der Waals surface area contributed by atoms with Crippen LogP contribution in [-0.4, -0.2) is 29.6 Å². The molecular formula is C16H13BrN4O5. The van der Waals surface area contributed by atoms with Crippen molar-refractivity contribution in [2.24, 2.45) is 10.8 Å². The molecule has 2 amide bonds. The van der Waals surface area contributed by atoms with Gasteiger partial charge in [-0.3, -0.25) is 19.7 Å². The highest BCUT2D eigenvalue weighted by Crippen LogP contribution is 2.25. The summed E-state index contributed by atoms with van der Waals surface area (Å²) in [4.78, 5) is 32.7. The van der Waals surface area contributed by atoms with Crippen LogP contribution < -0.4 is 15.9 Å². The maximum atomic E-state index is 11.9. The first-order chi connectivity index (χ1) is 12.4. The van der Waals surface area contributed by atoms with E-state index in [9.17, 15) is 19.7 Å². The quantitative estimate of drug-likeness (QED) is 0.400. The van der Waals surface area contributed by atoms with Gasteiger partial charge in [0.05, 0.1) is 15.6 Å². The first-order valence-corrected chi connectivity index (χ1v) is 7.94. The molecule has 2 aromatic rings. The molecule has 0 aliphatic carbocycles. The fourth-order valence-corrected chi connectivity index (χ4v) is 2.34. The minimum absolute atomic E-state index is 0.103. The van der Waals surface area contributed by atoms with Gasteiger partial charge in [-0.2, -0.15) is 5.10 Å². The lowest BCUT2D eigenvalue weighted by Gasteiger charge is -2.06. The lowest BCUT2D eigenvalue weighted by Crippen LogP contribution is -2.20. The van der Waals surface area contributed by atoms with Crippen LogP contribution in [0.1, 0.15) is 15.9 Å². The number of hydrogen-bond acceptors (Lipinski definition) is 6. The number of rotatable bonds is 7. The Labute approximate surface area is 156 Å². The molecule has 3 N–H and O–H groups in total. The molecule has 0 fully saturated rings. The predicted molar refractivity (Wildman–Crippen MR) is 97.0 cm³/mol. The summed E-state index contributed by atoms with van der Waals surface area (Å²) >= 11 is 3.29. The van der Waals surface area contributed by atoms with Gasteiger partial charge in [-0.1, -0.05) is 0 Å². The van der Waals surface area contributed by atoms with E-state index < -0.39 is 16.7 Å². The van der Waals surface area contributed by atoms with Gasteiger partial charge in [0.2, 0.25) is 0 Å². The summed E-state index contributed by atoms with van der Waals surface area (Å²) in [5.41, 5.74) is 8.13. The van der Waals surface area contributed by atoms with Crippen LogP contribution in [-0.2, 0) is 4.79 Å². The molecule has 26 heavy (non-hydrogen) atoms. The fraction of sp³-hybridized carbons (Fsp3) is 0.0625. The highest BCUT2D eigenvalue weighted by Gasteiger charge is 2.08. The molecule has 10 heteroatoms. The molecule has 134 valence electrons. The molecule has 0 radical (unpaired) electrons. The van der Waals surface area contributed by atoms with Gasteiger partial charge in [-0.15, -0.1) is 0 Å². The zero-order valence-electron chi connectivity index (χ0n) is 13.2. The fourth-order valence-electron chi connectivity index (χ4n) is 1.83. The number of nitro groups is 1. The zero-order chi connectivity index (χ0) is 19.1. The Morgan fingerprint density at radius 2 is 1.96 bits per heavy atom. The predicted octanol–water partition coefficient (Wildman–Crippen LogP) is 1.99. The van der Waals surface area contributed by atoms with Crippen LogP contribution in [0.15, 0.2) is 52.0 Å². The Hall–Kier alpha value is -3.27. The van der Waals surface area contributed by atoms with E-state index in [1.165, 1.54) is 30.5 Å². The molecule has 0 atom stereocenters. The van der Waals surface area contributed by atoms with Crippen molar-refractivity contribution in [3.05, 3.63) is 68.2 Å². The summed E-state index contributed by atoms with van der Waals surface area (Å²) in [7, 11) is 0. The molecule has 2 rings (SSSR count). The monoisotopic (exact) mass is 420 g/mol. The molecule has 0 aromatic heterocycles. The number of carbonyl (C=O) groups is 2. The van der Waals surface area contributed by atoms with E-state index in [1.54, 1.807) is 18.2 Å². The van der Waals surface area contributed by atoms with Crippen LogP contribution >= 0.6 is 15.9 Å². The number of amides is 2. The van der Waals surface area contributed by atoms with Crippen LogP contribution in [0.25, 0.3) is 0 Å². The molecule has 0 bridgehead atoms. The normalized spacial score (nSPS) is 10.5. The largest absolute Gasteiger partial charge is 0.483 e. The summed E-state index contributed by atoms with van der Waals surface area (Å²) < 4.78 is 5.78. The van der Waals surface area contributed by atoms with Crippen LogP contribution in [0.2, 0.25) is 0 Å². The Balaban J connectivity index is 1.97. The molecule has 0 saturated heterocycles. The molecule has 0 spiro atoms. The summed E-state index contributed by atoms with van der Waals surface area (Å²) in [6, 6.07) is 10.1. The maximum Gasteiger partial charge on any atom is 0.271 e. The van der Waals surface area contributed by atoms with Gasteiger partial charge in [-0.25, -0.2) is 5.43 Å². The summed E-state index contributed by atoms with van der Waals surface area (Å²) in [6.45, 7) is -0.239. The second kappa shape index (κ2) is 8.72. The minimum atomic E-state index is -0.587. The lowest BCUT2D eigenvalue weighted by atomic mass is 10.2. The Morgan fingerprint density at radius 3 is 2.54 bits per heavy atom. The molecule has 0 aliphatic heterocycles. The summed E-state index contributed by atoms with van der Waals surface area (Å²) in [6.07, 6.45) is 1.41. The minimum Gasteiger partial charge on any atom is -0.483 e. The van der Waals surface area contributed by atoms with Crippen LogP contribution in [0.4, 0.5) is 5.69 Å². The van der Waals surface area contributed by atoms with Crippen molar-refractivity contribution < 1.29 is 19.2 Å². The highest BCUT2D eigenvalue weighted by molar-refractivity contribution is 9.10. The zero-order valence-corrected chi connectivity index (χ0v) is 14.8. The molecule has 9 nitrogen and oxygen atoms in total. The van der Waals surface area contributed by atoms with E-state index in [4.69, 9.17) is 10.5 Å². The number of halogens is 1. The van der Waals surface area contributed by atoms with E-state index in [0.29, 0.717) is 15.8 Å². The average Bonchev–Trinajstić information content (AvgIpc) is 2.60. The maximum absolute atomic E-state index is 11.9. The number of nitrogens with one attached hydrogen (secondary N) is 1. The number of hydrogen-bond donors (Lipinski definition) is 2. The van der Waals surface area contributed by atoms with Crippen molar-refractivity contribution in [1.29, 1.82) is 0 Å². The van der Waals surface area contributed by atoms with Crippen molar-refractivity contribution in [3.63, 3.8) is 0 Å². The average molecular weight is 421 g/mol. The van der Waals surface area contributed by atoms with Crippen molar-refractivity contribution >= 4 is 39.6 Å². The van der Waals surface area contributed by atoms with Crippen LogP contribution in [0, 0.1) is 10.1 Å². The second-order valence-electron chi connectivity index (χ2n) is 4.95. The number of nitro benzene ring substituents is 1. The third-order valence-corrected chi connectivity index (χ3v) is 3.67. The van der Waals surface area contributed by atoms with E-state index in [2.05, 4.69) is 26.5 Å². The Morgan fingerprint density at radius 1 is 1.27 bits per heavy atom. The standard InChI is InChI=1S/C16H13BrN4O5/c17-13-7-10(1-6-14(13)26-9-15(18)22)8-19-20-16(23)11-2-4-12(5-3-11)21(24)25/h1-8H,9H2,(H2,18,22)(H,20,23)/b19-8+. The van der Waals surface area contributed by atoms with E-state index in [1.807, 2.05) is 0 Å². The smallest absolute Gasteiger partial charge is 0.271 e. The molecule has 0 saturated carbocycles. The first-order valence-electron chi connectivity index (χ1n) is 7.15.